The summed E-state index contributed by atoms with van der Waals surface area (Å²) in [6.07, 6.45) is 4.76. The van der Waals surface area contributed by atoms with Gasteiger partial charge in [0.05, 0.1) is 5.52 Å². The first-order valence-corrected chi connectivity index (χ1v) is 7.11. The first kappa shape index (κ1) is 13.7. The number of hydrogen-bond donors (Lipinski definition) is 2. The van der Waals surface area contributed by atoms with Gasteiger partial charge in [-0.2, -0.15) is 0 Å². The van der Waals surface area contributed by atoms with Gasteiger partial charge in [-0.05, 0) is 36.5 Å². The number of aryl methyl sites for hydroxylation is 1. The molecule has 1 heterocycles. The van der Waals surface area contributed by atoms with E-state index in [1.807, 2.05) is 12.1 Å². The Bertz CT molecular complexity index is 759. The van der Waals surface area contributed by atoms with Crippen molar-refractivity contribution in [1.29, 1.82) is 0 Å². The molecule has 1 aliphatic carbocycles. The molecule has 5 nitrogen and oxygen atoms in total. The van der Waals surface area contributed by atoms with Gasteiger partial charge in [-0.1, -0.05) is 18.9 Å². The van der Waals surface area contributed by atoms with E-state index in [0.29, 0.717) is 10.9 Å². The molecule has 0 unspecified atom stereocenters. The number of esters is 1. The van der Waals surface area contributed by atoms with Gasteiger partial charge in [0.2, 0.25) is 5.75 Å². The molecule has 0 atom stereocenters. The minimum absolute atomic E-state index is 0.294. The highest BCUT2D eigenvalue weighted by Crippen LogP contribution is 2.34. The maximum Gasteiger partial charge on any atom is 0.308 e. The number of hydrogen-bond acceptors (Lipinski definition) is 4. The second-order valence-electron chi connectivity index (χ2n) is 5.59. The molecule has 1 aliphatic rings. The molecule has 1 fully saturated rings. The monoisotopic (exact) mass is 287 g/mol. The summed E-state index contributed by atoms with van der Waals surface area (Å²) >= 11 is 0. The summed E-state index contributed by atoms with van der Waals surface area (Å²) in [6.45, 7) is 1.18. The summed E-state index contributed by atoms with van der Waals surface area (Å²) in [6, 6.07) is 5.55. The Morgan fingerprint density at radius 3 is 2.86 bits per heavy atom. The van der Waals surface area contributed by atoms with Crippen molar-refractivity contribution in [2.45, 2.75) is 32.6 Å². The summed E-state index contributed by atoms with van der Waals surface area (Å²) in [5, 5.41) is 10.6. The Labute approximate surface area is 121 Å². The van der Waals surface area contributed by atoms with Crippen LogP contribution in [0.3, 0.4) is 0 Å². The summed E-state index contributed by atoms with van der Waals surface area (Å²) in [5.74, 6) is -0.436. The molecule has 2 N–H and O–H groups in total. The molecule has 0 radical (unpaired) electrons. The average Bonchev–Trinajstić information content (AvgIpc) is 3.25. The van der Waals surface area contributed by atoms with Crippen LogP contribution in [0.25, 0.3) is 10.9 Å². The van der Waals surface area contributed by atoms with E-state index in [0.717, 1.165) is 24.3 Å². The first-order chi connectivity index (χ1) is 10.0. The number of aromatic nitrogens is 1. The largest absolute Gasteiger partial charge is 0.504 e. The van der Waals surface area contributed by atoms with E-state index in [9.17, 15) is 14.7 Å². The third kappa shape index (κ3) is 2.91. The molecular weight excluding hydrogens is 270 g/mol. The van der Waals surface area contributed by atoms with Crippen molar-refractivity contribution in [3.05, 3.63) is 34.1 Å². The van der Waals surface area contributed by atoms with Crippen LogP contribution in [0.4, 0.5) is 0 Å². The maximum atomic E-state index is 11.9. The number of carbonyl (C=O) groups excluding carboxylic acids is 1. The van der Waals surface area contributed by atoms with Crippen LogP contribution in [0.1, 0.15) is 31.7 Å². The van der Waals surface area contributed by atoms with Crippen molar-refractivity contribution in [1.82, 2.24) is 4.98 Å². The van der Waals surface area contributed by atoms with Crippen LogP contribution >= 0.6 is 0 Å². The van der Waals surface area contributed by atoms with Crippen LogP contribution < -0.4 is 10.3 Å². The van der Waals surface area contributed by atoms with Gasteiger partial charge in [0, 0.05) is 12.3 Å². The van der Waals surface area contributed by atoms with Crippen LogP contribution in [-0.2, 0) is 11.2 Å². The van der Waals surface area contributed by atoms with Crippen molar-refractivity contribution >= 4 is 16.9 Å². The van der Waals surface area contributed by atoms with Gasteiger partial charge in [-0.25, -0.2) is 0 Å². The number of nitrogens with one attached hydrogen (secondary N) is 1. The quantitative estimate of drug-likeness (QED) is 0.847. The number of pyridine rings is 1. The number of ether oxygens (including phenoxy) is 1. The third-order valence-electron chi connectivity index (χ3n) is 3.79. The molecule has 0 aliphatic heterocycles. The Balaban J connectivity index is 1.98. The smallest absolute Gasteiger partial charge is 0.308 e. The SMILES string of the molecule is CC(=O)Oc1c(O)c2ccc(CCC3CC3)cc2[nH]c1=O. The third-order valence-corrected chi connectivity index (χ3v) is 3.79. The number of aromatic hydroxyl groups is 1. The van der Waals surface area contributed by atoms with E-state index in [2.05, 4.69) is 4.98 Å². The van der Waals surface area contributed by atoms with E-state index in [4.69, 9.17) is 4.74 Å². The lowest BCUT2D eigenvalue weighted by atomic mass is 10.0. The zero-order valence-electron chi connectivity index (χ0n) is 11.8. The van der Waals surface area contributed by atoms with Crippen LogP contribution in [0.2, 0.25) is 0 Å². The van der Waals surface area contributed by atoms with E-state index >= 15 is 0 Å². The first-order valence-electron chi connectivity index (χ1n) is 7.11. The van der Waals surface area contributed by atoms with Gasteiger partial charge >= 0.3 is 5.97 Å². The predicted octanol–water partition coefficient (Wildman–Crippen LogP) is 2.50. The van der Waals surface area contributed by atoms with Crippen LogP contribution in [0.15, 0.2) is 23.0 Å². The highest BCUT2D eigenvalue weighted by atomic mass is 16.5. The number of benzene rings is 1. The maximum absolute atomic E-state index is 11.9. The topological polar surface area (TPSA) is 79.4 Å². The number of aromatic amines is 1. The zero-order valence-corrected chi connectivity index (χ0v) is 11.8. The zero-order chi connectivity index (χ0) is 15.0. The highest BCUT2D eigenvalue weighted by Gasteiger charge is 2.21. The lowest BCUT2D eigenvalue weighted by molar-refractivity contribution is -0.132. The van der Waals surface area contributed by atoms with Gasteiger partial charge in [-0.3, -0.25) is 9.59 Å². The second kappa shape index (κ2) is 5.24. The van der Waals surface area contributed by atoms with Gasteiger partial charge in [-0.15, -0.1) is 0 Å². The van der Waals surface area contributed by atoms with E-state index < -0.39 is 11.5 Å². The molecule has 110 valence electrons. The van der Waals surface area contributed by atoms with Gasteiger partial charge in [0.15, 0.2) is 5.75 Å². The molecule has 0 saturated heterocycles. The van der Waals surface area contributed by atoms with Crippen LogP contribution in [-0.4, -0.2) is 16.1 Å². The average molecular weight is 287 g/mol. The summed E-state index contributed by atoms with van der Waals surface area (Å²) in [5.41, 5.74) is 1.08. The van der Waals surface area contributed by atoms with Crippen LogP contribution in [0, 0.1) is 5.92 Å². The van der Waals surface area contributed by atoms with Gasteiger partial charge in [0.25, 0.3) is 5.56 Å². The molecule has 1 saturated carbocycles. The lowest BCUT2D eigenvalue weighted by Gasteiger charge is -2.08. The van der Waals surface area contributed by atoms with Crippen molar-refractivity contribution in [3.8, 4) is 11.5 Å². The summed E-state index contributed by atoms with van der Waals surface area (Å²) < 4.78 is 4.77. The number of carbonyl (C=O) groups is 1. The van der Waals surface area contributed by atoms with E-state index in [1.54, 1.807) is 6.07 Å². The number of fused-ring (bicyclic) bond motifs is 1. The van der Waals surface area contributed by atoms with Gasteiger partial charge in [0.1, 0.15) is 0 Å². The Kier molecular flexibility index (Phi) is 3.41. The standard InChI is InChI=1S/C16H17NO4/c1-9(18)21-15-14(19)12-7-6-11(5-4-10-2-3-10)8-13(12)17-16(15)20/h6-8,10H,2-5H2,1H3,(H2,17,19,20). The molecule has 5 heteroatoms. The molecule has 0 amide bonds. The Morgan fingerprint density at radius 2 is 2.19 bits per heavy atom. The Hall–Kier alpha value is -2.30. The molecule has 0 spiro atoms. The number of rotatable bonds is 4. The molecule has 3 rings (SSSR count). The summed E-state index contributed by atoms with van der Waals surface area (Å²) in [7, 11) is 0. The fraction of sp³-hybridized carbons (Fsp3) is 0.375. The lowest BCUT2D eigenvalue weighted by Crippen LogP contribution is -2.14. The normalized spacial score (nSPS) is 14.3. The number of H-pyrrole nitrogens is 1. The molecular formula is C16H17NO4. The van der Waals surface area contributed by atoms with Crippen LogP contribution in [0.5, 0.6) is 11.5 Å². The minimum atomic E-state index is -0.642. The highest BCUT2D eigenvalue weighted by molar-refractivity contribution is 5.88. The van der Waals surface area contributed by atoms with Crippen molar-refractivity contribution in [3.63, 3.8) is 0 Å². The molecule has 0 bridgehead atoms. The van der Waals surface area contributed by atoms with Crippen molar-refractivity contribution in [2.24, 2.45) is 5.92 Å². The second-order valence-corrected chi connectivity index (χ2v) is 5.59. The van der Waals surface area contributed by atoms with E-state index in [1.165, 1.54) is 19.8 Å². The molecule has 1 aromatic carbocycles. The van der Waals surface area contributed by atoms with E-state index in [-0.39, 0.29) is 11.5 Å². The van der Waals surface area contributed by atoms with Gasteiger partial charge < -0.3 is 14.8 Å². The molecule has 21 heavy (non-hydrogen) atoms. The summed E-state index contributed by atoms with van der Waals surface area (Å²) in [4.78, 5) is 25.5. The fourth-order valence-electron chi connectivity index (χ4n) is 2.48. The van der Waals surface area contributed by atoms with Crippen molar-refractivity contribution < 1.29 is 14.6 Å². The fourth-order valence-corrected chi connectivity index (χ4v) is 2.48. The van der Waals surface area contributed by atoms with Crippen molar-refractivity contribution in [2.75, 3.05) is 0 Å². The molecule has 2 aromatic rings. The predicted molar refractivity (Wildman–Crippen MR) is 78.6 cm³/mol. The minimum Gasteiger partial charge on any atom is -0.504 e. The Morgan fingerprint density at radius 1 is 1.43 bits per heavy atom. The molecule has 1 aromatic heterocycles.